The van der Waals surface area contributed by atoms with Gasteiger partial charge >= 0.3 is 0 Å². The Balaban J connectivity index is 1.78. The Morgan fingerprint density at radius 1 is 1.03 bits per heavy atom. The van der Waals surface area contributed by atoms with Gasteiger partial charge in [0.25, 0.3) is 11.8 Å². The molecule has 0 aromatic heterocycles. The molecule has 0 atom stereocenters. The molecule has 2 heterocycles. The number of aryl methyl sites for hydroxylation is 1. The number of halogens is 1. The molecule has 31 heavy (non-hydrogen) atoms. The molecule has 0 saturated carbocycles. The minimum atomic E-state index is -0.404. The van der Waals surface area contributed by atoms with Gasteiger partial charge in [-0.3, -0.25) is 14.4 Å². The van der Waals surface area contributed by atoms with E-state index in [2.05, 4.69) is 5.32 Å². The van der Waals surface area contributed by atoms with Gasteiger partial charge in [0, 0.05) is 30.7 Å². The molecule has 0 aliphatic carbocycles. The minimum Gasteiger partial charge on any atom is -0.378 e. The van der Waals surface area contributed by atoms with Gasteiger partial charge < -0.3 is 15.0 Å². The molecule has 1 N–H and O–H groups in total. The molecule has 8 heteroatoms. The van der Waals surface area contributed by atoms with E-state index in [0.29, 0.717) is 59.5 Å². The Morgan fingerprint density at radius 2 is 1.71 bits per heavy atom. The number of anilines is 2. The van der Waals surface area contributed by atoms with E-state index >= 15 is 0 Å². The number of benzene rings is 2. The summed E-state index contributed by atoms with van der Waals surface area (Å²) in [6.07, 6.45) is 0. The van der Waals surface area contributed by atoms with Gasteiger partial charge in [0.1, 0.15) is 5.70 Å². The summed E-state index contributed by atoms with van der Waals surface area (Å²) in [5.74, 6) is -0.970. The first kappa shape index (κ1) is 21.1. The summed E-state index contributed by atoms with van der Waals surface area (Å²) in [6, 6.07) is 12.0. The largest absolute Gasteiger partial charge is 0.378 e. The van der Waals surface area contributed by atoms with E-state index in [9.17, 15) is 14.4 Å². The van der Waals surface area contributed by atoms with Crippen LogP contribution in [-0.2, 0) is 19.1 Å². The van der Waals surface area contributed by atoms with Crippen molar-refractivity contribution in [1.82, 2.24) is 4.90 Å². The Morgan fingerprint density at radius 3 is 2.32 bits per heavy atom. The Hall–Kier alpha value is -3.16. The van der Waals surface area contributed by atoms with Gasteiger partial charge in [0.05, 0.1) is 24.5 Å². The van der Waals surface area contributed by atoms with Crippen molar-refractivity contribution in [2.24, 2.45) is 0 Å². The summed E-state index contributed by atoms with van der Waals surface area (Å²) in [5, 5.41) is 3.19. The lowest BCUT2D eigenvalue weighted by Gasteiger charge is -2.29. The second kappa shape index (κ2) is 8.53. The number of nitrogens with one attached hydrogen (secondary N) is 1. The molecule has 0 spiro atoms. The van der Waals surface area contributed by atoms with Crippen LogP contribution in [0.1, 0.15) is 18.1 Å². The van der Waals surface area contributed by atoms with Crippen molar-refractivity contribution < 1.29 is 19.1 Å². The van der Waals surface area contributed by atoms with Crippen molar-refractivity contribution in [2.45, 2.75) is 13.8 Å². The van der Waals surface area contributed by atoms with Crippen LogP contribution in [0.3, 0.4) is 0 Å². The van der Waals surface area contributed by atoms with Crippen LogP contribution in [0.5, 0.6) is 0 Å². The molecule has 0 radical (unpaired) electrons. The van der Waals surface area contributed by atoms with Crippen molar-refractivity contribution in [3.8, 4) is 0 Å². The van der Waals surface area contributed by atoms with Crippen LogP contribution in [0.2, 0.25) is 5.02 Å². The van der Waals surface area contributed by atoms with Crippen molar-refractivity contribution in [3.05, 3.63) is 64.3 Å². The topological polar surface area (TPSA) is 79.0 Å². The van der Waals surface area contributed by atoms with Gasteiger partial charge in [0.15, 0.2) is 0 Å². The van der Waals surface area contributed by atoms with Crippen LogP contribution in [0, 0.1) is 6.92 Å². The average Bonchev–Trinajstić information content (AvgIpc) is 3.01. The molecule has 2 aromatic rings. The highest BCUT2D eigenvalue weighted by atomic mass is 35.5. The van der Waals surface area contributed by atoms with Gasteiger partial charge in [-0.2, -0.15) is 0 Å². The van der Waals surface area contributed by atoms with Crippen LogP contribution in [-0.4, -0.2) is 48.9 Å². The fourth-order valence-corrected chi connectivity index (χ4v) is 3.91. The van der Waals surface area contributed by atoms with E-state index in [1.165, 1.54) is 11.8 Å². The number of carbonyl (C=O) groups is 3. The minimum absolute atomic E-state index is 0.185. The Kier molecular flexibility index (Phi) is 5.80. The van der Waals surface area contributed by atoms with Crippen molar-refractivity contribution >= 4 is 46.3 Å². The highest BCUT2D eigenvalue weighted by Gasteiger charge is 2.42. The number of hydrogen-bond acceptors (Lipinski definition) is 5. The number of carbonyl (C=O) groups excluding carboxylic acids is 3. The van der Waals surface area contributed by atoms with E-state index < -0.39 is 5.91 Å². The number of imide groups is 1. The number of nitrogens with zero attached hydrogens (tertiary/aromatic N) is 2. The third-order valence-corrected chi connectivity index (χ3v) is 5.70. The number of ether oxygens (including phenoxy) is 1. The average molecular weight is 440 g/mol. The van der Waals surface area contributed by atoms with E-state index in [4.69, 9.17) is 16.3 Å². The molecule has 0 bridgehead atoms. The molecule has 3 amide bonds. The highest BCUT2D eigenvalue weighted by molar-refractivity contribution is 6.45. The van der Waals surface area contributed by atoms with Gasteiger partial charge in [-0.05, 0) is 42.3 Å². The third kappa shape index (κ3) is 4.06. The van der Waals surface area contributed by atoms with Crippen molar-refractivity contribution in [1.29, 1.82) is 0 Å². The first-order chi connectivity index (χ1) is 14.9. The zero-order valence-corrected chi connectivity index (χ0v) is 18.0. The summed E-state index contributed by atoms with van der Waals surface area (Å²) in [6.45, 7) is 5.29. The van der Waals surface area contributed by atoms with Crippen LogP contribution >= 0.6 is 11.6 Å². The molecular weight excluding hydrogens is 418 g/mol. The first-order valence-corrected chi connectivity index (χ1v) is 10.3. The van der Waals surface area contributed by atoms with Crippen LogP contribution < -0.4 is 10.2 Å². The SMILES string of the molecule is CC(=O)Nc1ccc(C2=C(N3CCOCC3)C(=O)N(c3ccc(C)c(Cl)c3)C2=O)cc1. The summed E-state index contributed by atoms with van der Waals surface area (Å²) in [4.78, 5) is 41.4. The lowest BCUT2D eigenvalue weighted by molar-refractivity contribution is -0.121. The summed E-state index contributed by atoms with van der Waals surface area (Å²) in [7, 11) is 0. The molecule has 2 aromatic carbocycles. The quantitative estimate of drug-likeness (QED) is 0.740. The normalized spacial score (nSPS) is 16.9. The molecule has 2 aliphatic heterocycles. The number of amides is 3. The molecule has 2 aliphatic rings. The Labute approximate surface area is 185 Å². The van der Waals surface area contributed by atoms with Crippen molar-refractivity contribution in [2.75, 3.05) is 36.5 Å². The van der Waals surface area contributed by atoms with Gasteiger partial charge in [-0.25, -0.2) is 4.90 Å². The predicted molar refractivity (Wildman–Crippen MR) is 119 cm³/mol. The lowest BCUT2D eigenvalue weighted by atomic mass is 10.0. The van der Waals surface area contributed by atoms with E-state index in [-0.39, 0.29) is 11.8 Å². The second-order valence-corrected chi connectivity index (χ2v) is 7.87. The molecule has 0 unspecified atom stereocenters. The summed E-state index contributed by atoms with van der Waals surface area (Å²) >= 11 is 6.26. The number of rotatable bonds is 4. The zero-order chi connectivity index (χ0) is 22.1. The predicted octanol–water partition coefficient (Wildman–Crippen LogP) is 3.22. The number of morpholine rings is 1. The number of hydrogen-bond donors (Lipinski definition) is 1. The molecule has 160 valence electrons. The second-order valence-electron chi connectivity index (χ2n) is 7.46. The summed E-state index contributed by atoms with van der Waals surface area (Å²) in [5.41, 5.74) is 3.20. The van der Waals surface area contributed by atoms with Gasteiger partial charge in [-0.1, -0.05) is 29.8 Å². The van der Waals surface area contributed by atoms with Gasteiger partial charge in [-0.15, -0.1) is 0 Å². The van der Waals surface area contributed by atoms with Crippen LogP contribution in [0.15, 0.2) is 48.2 Å². The maximum atomic E-state index is 13.5. The fraction of sp³-hybridized carbons (Fsp3) is 0.261. The van der Waals surface area contributed by atoms with E-state index in [0.717, 1.165) is 5.56 Å². The highest BCUT2D eigenvalue weighted by Crippen LogP contribution is 2.36. The molecule has 1 saturated heterocycles. The molecule has 4 rings (SSSR count). The van der Waals surface area contributed by atoms with Crippen LogP contribution in [0.25, 0.3) is 5.57 Å². The third-order valence-electron chi connectivity index (χ3n) is 5.29. The smallest absolute Gasteiger partial charge is 0.282 e. The monoisotopic (exact) mass is 439 g/mol. The standard InChI is InChI=1S/C23H22ClN3O4/c1-14-3-8-18(13-19(14)24)27-22(29)20(16-4-6-17(7-5-16)25-15(2)28)21(23(27)30)26-9-11-31-12-10-26/h3-8,13H,9-12H2,1-2H3,(H,25,28). The fourth-order valence-electron chi connectivity index (χ4n) is 3.74. The molecular formula is C23H22ClN3O4. The lowest BCUT2D eigenvalue weighted by Crippen LogP contribution is -2.40. The van der Waals surface area contributed by atoms with Crippen LogP contribution in [0.4, 0.5) is 11.4 Å². The maximum Gasteiger partial charge on any atom is 0.282 e. The molecule has 7 nitrogen and oxygen atoms in total. The molecule has 1 fully saturated rings. The first-order valence-electron chi connectivity index (χ1n) is 9.96. The van der Waals surface area contributed by atoms with E-state index in [1.807, 2.05) is 11.8 Å². The van der Waals surface area contributed by atoms with Gasteiger partial charge in [0.2, 0.25) is 5.91 Å². The summed E-state index contributed by atoms with van der Waals surface area (Å²) < 4.78 is 5.42. The van der Waals surface area contributed by atoms with E-state index in [1.54, 1.807) is 42.5 Å². The van der Waals surface area contributed by atoms with Crippen molar-refractivity contribution in [3.63, 3.8) is 0 Å². The Bertz CT molecular complexity index is 1090. The zero-order valence-electron chi connectivity index (χ0n) is 17.3. The maximum absolute atomic E-state index is 13.5.